The van der Waals surface area contributed by atoms with E-state index in [0.717, 1.165) is 10.5 Å². The predicted octanol–water partition coefficient (Wildman–Crippen LogP) is 4.00. The summed E-state index contributed by atoms with van der Waals surface area (Å²) in [7, 11) is 1.70. The number of nitro groups is 1. The molecule has 0 unspecified atom stereocenters. The summed E-state index contributed by atoms with van der Waals surface area (Å²) in [5, 5.41) is 16.4. The van der Waals surface area contributed by atoms with Gasteiger partial charge in [0.2, 0.25) is 0 Å². The molecule has 0 saturated carbocycles. The third-order valence-electron chi connectivity index (χ3n) is 5.14. The monoisotopic (exact) mass is 433 g/mol. The number of amides is 2. The molecular weight excluding hydrogens is 422 g/mol. The number of rotatable bonds is 3. The van der Waals surface area contributed by atoms with Crippen LogP contribution in [0.3, 0.4) is 0 Å². The zero-order valence-corrected chi connectivity index (χ0v) is 16.7. The summed E-state index contributed by atoms with van der Waals surface area (Å²) in [6.45, 7) is 0. The number of pyridine rings is 1. The van der Waals surface area contributed by atoms with Crippen molar-refractivity contribution < 1.29 is 14.5 Å². The minimum atomic E-state index is -0.548. The molecule has 1 aliphatic rings. The quantitative estimate of drug-likeness (QED) is 0.274. The Morgan fingerprint density at radius 2 is 1.68 bits per heavy atom. The van der Waals surface area contributed by atoms with Gasteiger partial charge in [0.05, 0.1) is 27.1 Å². The second-order valence-corrected chi connectivity index (χ2v) is 7.38. The highest BCUT2D eigenvalue weighted by molar-refractivity contribution is 6.38. The van der Waals surface area contributed by atoms with Crippen LogP contribution in [0.2, 0.25) is 5.02 Å². The molecule has 0 atom stereocenters. The summed E-state index contributed by atoms with van der Waals surface area (Å²) in [6, 6.07) is 12.2. The molecule has 10 heteroatoms. The zero-order valence-electron chi connectivity index (χ0n) is 15.9. The second kappa shape index (κ2) is 6.71. The molecule has 9 nitrogen and oxygen atoms in total. The molecule has 1 aliphatic heterocycles. The number of halogens is 1. The summed E-state index contributed by atoms with van der Waals surface area (Å²) in [6.07, 6.45) is 1.36. The summed E-state index contributed by atoms with van der Waals surface area (Å²) in [5.41, 5.74) is 2.13. The molecule has 0 fully saturated rings. The van der Waals surface area contributed by atoms with Crippen LogP contribution in [-0.2, 0) is 7.05 Å². The Balaban J connectivity index is 1.70. The minimum absolute atomic E-state index is 0.137. The van der Waals surface area contributed by atoms with Crippen molar-refractivity contribution in [1.29, 1.82) is 0 Å². The molecule has 5 rings (SSSR count). The van der Waals surface area contributed by atoms with Crippen molar-refractivity contribution in [1.82, 2.24) is 14.8 Å². The first-order valence-electron chi connectivity index (χ1n) is 9.11. The minimum Gasteiger partial charge on any atom is -0.268 e. The van der Waals surface area contributed by atoms with Gasteiger partial charge in [-0.05, 0) is 24.3 Å². The molecule has 0 bridgehead atoms. The van der Waals surface area contributed by atoms with Gasteiger partial charge in [0.1, 0.15) is 5.69 Å². The Labute approximate surface area is 179 Å². The molecule has 31 heavy (non-hydrogen) atoms. The summed E-state index contributed by atoms with van der Waals surface area (Å²) < 4.78 is 1.55. The highest BCUT2D eigenvalue weighted by Gasteiger charge is 2.40. The number of aromatic nitrogens is 3. The topological polar surface area (TPSA) is 111 Å². The van der Waals surface area contributed by atoms with E-state index in [1.54, 1.807) is 36.0 Å². The number of imide groups is 1. The number of fused-ring (bicyclic) bond motifs is 3. The lowest BCUT2D eigenvalue weighted by atomic mass is 10.0. The van der Waals surface area contributed by atoms with Crippen LogP contribution in [0.15, 0.2) is 54.7 Å². The van der Waals surface area contributed by atoms with E-state index in [1.165, 1.54) is 30.5 Å². The van der Waals surface area contributed by atoms with Crippen LogP contribution in [0.25, 0.3) is 22.3 Å². The maximum atomic E-state index is 13.4. The second-order valence-electron chi connectivity index (χ2n) is 6.94. The van der Waals surface area contributed by atoms with E-state index in [4.69, 9.17) is 11.6 Å². The van der Waals surface area contributed by atoms with Gasteiger partial charge in [0, 0.05) is 36.0 Å². The van der Waals surface area contributed by atoms with Gasteiger partial charge in [0.25, 0.3) is 17.5 Å². The molecular formula is C21H12ClN5O4. The molecule has 0 spiro atoms. The van der Waals surface area contributed by atoms with Crippen molar-refractivity contribution in [2.24, 2.45) is 7.05 Å². The number of benzene rings is 2. The molecule has 152 valence electrons. The number of carbonyl (C=O) groups is 2. The Morgan fingerprint density at radius 1 is 1.00 bits per heavy atom. The first kappa shape index (κ1) is 18.9. The fourth-order valence-corrected chi connectivity index (χ4v) is 3.82. The summed E-state index contributed by atoms with van der Waals surface area (Å²) in [4.78, 5) is 42.1. The fourth-order valence-electron chi connectivity index (χ4n) is 3.69. The van der Waals surface area contributed by atoms with Crippen molar-refractivity contribution in [3.8, 4) is 11.3 Å². The van der Waals surface area contributed by atoms with Gasteiger partial charge in [-0.15, -0.1) is 0 Å². The number of hydrogen-bond acceptors (Lipinski definition) is 6. The lowest BCUT2D eigenvalue weighted by Gasteiger charge is -2.13. The molecule has 2 amide bonds. The van der Waals surface area contributed by atoms with E-state index in [-0.39, 0.29) is 22.5 Å². The normalized spacial score (nSPS) is 13.2. The first-order valence-corrected chi connectivity index (χ1v) is 9.49. The zero-order chi connectivity index (χ0) is 21.9. The number of non-ortho nitro benzene ring substituents is 1. The number of hydrogen-bond donors (Lipinski definition) is 0. The Kier molecular flexibility index (Phi) is 4.09. The van der Waals surface area contributed by atoms with Crippen LogP contribution >= 0.6 is 11.6 Å². The van der Waals surface area contributed by atoms with E-state index in [9.17, 15) is 19.7 Å². The van der Waals surface area contributed by atoms with Crippen molar-refractivity contribution >= 4 is 45.8 Å². The SMILES string of the molecule is Cn1nc(-c2ccc(Cl)cc2)c2c3c(cnc21)C(=O)N(c1ccc([N+](=O)[O-])cc1)C3=O. The first-order chi connectivity index (χ1) is 14.9. The number of nitro benzene ring substituents is 1. The van der Waals surface area contributed by atoms with E-state index in [0.29, 0.717) is 21.7 Å². The van der Waals surface area contributed by atoms with Crippen LogP contribution in [0.1, 0.15) is 20.7 Å². The fraction of sp³-hybridized carbons (Fsp3) is 0.0476. The maximum absolute atomic E-state index is 13.4. The lowest BCUT2D eigenvalue weighted by molar-refractivity contribution is -0.384. The molecule has 4 aromatic rings. The maximum Gasteiger partial charge on any atom is 0.269 e. The van der Waals surface area contributed by atoms with Crippen molar-refractivity contribution in [2.75, 3.05) is 4.90 Å². The van der Waals surface area contributed by atoms with Gasteiger partial charge >= 0.3 is 0 Å². The van der Waals surface area contributed by atoms with Crippen LogP contribution in [-0.4, -0.2) is 31.5 Å². The van der Waals surface area contributed by atoms with Crippen molar-refractivity contribution in [3.05, 3.63) is 81.0 Å². The van der Waals surface area contributed by atoms with Gasteiger partial charge in [-0.3, -0.25) is 19.7 Å². The van der Waals surface area contributed by atoms with Crippen LogP contribution in [0, 0.1) is 10.1 Å². The van der Waals surface area contributed by atoms with E-state index in [1.807, 2.05) is 0 Å². The smallest absolute Gasteiger partial charge is 0.268 e. The third-order valence-corrected chi connectivity index (χ3v) is 5.39. The molecule has 2 aromatic heterocycles. The third kappa shape index (κ3) is 2.78. The Morgan fingerprint density at radius 3 is 2.32 bits per heavy atom. The molecule has 2 aromatic carbocycles. The number of anilines is 1. The molecule has 0 N–H and O–H groups in total. The van der Waals surface area contributed by atoms with Gasteiger partial charge in [-0.1, -0.05) is 23.7 Å². The van der Waals surface area contributed by atoms with Crippen LogP contribution in [0.5, 0.6) is 0 Å². The molecule has 0 aliphatic carbocycles. The standard InChI is InChI=1S/C21H12ClN5O4/c1-25-19-17(18(24-25)11-2-4-12(22)5-3-11)16-15(10-23-19)20(28)26(21(16)29)13-6-8-14(9-7-13)27(30)31/h2-10H,1H3. The molecule has 3 heterocycles. The van der Waals surface area contributed by atoms with Gasteiger partial charge in [0.15, 0.2) is 5.65 Å². The van der Waals surface area contributed by atoms with Gasteiger partial charge in [-0.2, -0.15) is 5.10 Å². The van der Waals surface area contributed by atoms with E-state index >= 15 is 0 Å². The van der Waals surface area contributed by atoms with Gasteiger partial charge in [-0.25, -0.2) is 14.6 Å². The van der Waals surface area contributed by atoms with Crippen molar-refractivity contribution in [2.45, 2.75) is 0 Å². The predicted molar refractivity (Wildman–Crippen MR) is 113 cm³/mol. The Bertz CT molecular complexity index is 1410. The Hall–Kier alpha value is -4.11. The highest BCUT2D eigenvalue weighted by Crippen LogP contribution is 2.37. The molecule has 0 radical (unpaired) electrons. The largest absolute Gasteiger partial charge is 0.269 e. The average molecular weight is 434 g/mol. The lowest BCUT2D eigenvalue weighted by Crippen LogP contribution is -2.29. The van der Waals surface area contributed by atoms with E-state index in [2.05, 4.69) is 10.1 Å². The highest BCUT2D eigenvalue weighted by atomic mass is 35.5. The summed E-state index contributed by atoms with van der Waals surface area (Å²) in [5.74, 6) is -1.08. The van der Waals surface area contributed by atoms with E-state index < -0.39 is 16.7 Å². The summed E-state index contributed by atoms with van der Waals surface area (Å²) >= 11 is 5.99. The average Bonchev–Trinajstić information content (AvgIpc) is 3.23. The van der Waals surface area contributed by atoms with Crippen molar-refractivity contribution in [3.63, 3.8) is 0 Å². The van der Waals surface area contributed by atoms with Crippen LogP contribution < -0.4 is 4.90 Å². The molecule has 0 saturated heterocycles. The van der Waals surface area contributed by atoms with Gasteiger partial charge < -0.3 is 0 Å². The number of carbonyl (C=O) groups excluding carboxylic acids is 2. The number of aryl methyl sites for hydroxylation is 1. The van der Waals surface area contributed by atoms with Crippen LogP contribution in [0.4, 0.5) is 11.4 Å². The number of nitrogens with zero attached hydrogens (tertiary/aromatic N) is 5.